The summed E-state index contributed by atoms with van der Waals surface area (Å²) in [5.74, 6) is -0.562. The van der Waals surface area contributed by atoms with Crippen molar-refractivity contribution in [1.29, 1.82) is 0 Å². The van der Waals surface area contributed by atoms with Crippen LogP contribution in [-0.4, -0.2) is 34.3 Å². The molecule has 120 valence electrons. The van der Waals surface area contributed by atoms with Gasteiger partial charge in [0.1, 0.15) is 28.6 Å². The predicted molar refractivity (Wildman–Crippen MR) is 81.2 cm³/mol. The fourth-order valence-electron chi connectivity index (χ4n) is 2.71. The van der Waals surface area contributed by atoms with E-state index in [4.69, 9.17) is 9.47 Å². The topological polar surface area (TPSA) is 96.2 Å². The van der Waals surface area contributed by atoms with E-state index in [1.165, 1.54) is 19.2 Å². The third kappa shape index (κ3) is 2.27. The van der Waals surface area contributed by atoms with Gasteiger partial charge >= 0.3 is 0 Å². The molecule has 1 aliphatic heterocycles. The minimum atomic E-state index is -1.53. The van der Waals surface area contributed by atoms with Crippen molar-refractivity contribution in [2.24, 2.45) is 0 Å². The summed E-state index contributed by atoms with van der Waals surface area (Å²) in [6.07, 6.45) is -2.60. The number of Topliss-reactive ketones (excluding diaryl/α,β-unsaturated/α-hetero) is 1. The van der Waals surface area contributed by atoms with Crippen molar-refractivity contribution < 1.29 is 29.6 Å². The van der Waals surface area contributed by atoms with Crippen LogP contribution in [0.1, 0.15) is 27.6 Å². The van der Waals surface area contributed by atoms with Gasteiger partial charge < -0.3 is 24.8 Å². The van der Waals surface area contributed by atoms with Crippen molar-refractivity contribution in [3.63, 3.8) is 0 Å². The monoisotopic (exact) mass is 316 g/mol. The second-order valence-electron chi connectivity index (χ2n) is 5.33. The number of aliphatic hydroxyl groups excluding tert-OH is 1. The van der Waals surface area contributed by atoms with Crippen LogP contribution in [0.5, 0.6) is 23.0 Å². The Morgan fingerprint density at radius 3 is 2.57 bits per heavy atom. The molecule has 0 fully saturated rings. The largest absolute Gasteiger partial charge is 0.508 e. The van der Waals surface area contributed by atoms with Gasteiger partial charge in [-0.05, 0) is 13.0 Å². The summed E-state index contributed by atoms with van der Waals surface area (Å²) in [6.45, 7) is 1.60. The minimum Gasteiger partial charge on any atom is -0.508 e. The Bertz CT molecular complexity index is 783. The summed E-state index contributed by atoms with van der Waals surface area (Å²) < 4.78 is 10.8. The molecule has 2 aromatic rings. The fourth-order valence-corrected chi connectivity index (χ4v) is 2.71. The number of aliphatic hydroxyl groups is 1. The number of fused-ring (bicyclic) bond motifs is 1. The van der Waals surface area contributed by atoms with Crippen molar-refractivity contribution in [1.82, 2.24) is 0 Å². The quantitative estimate of drug-likeness (QED) is 0.785. The lowest BCUT2D eigenvalue weighted by Gasteiger charge is -2.31. The lowest BCUT2D eigenvalue weighted by Crippen LogP contribution is -2.36. The number of ether oxygens (including phenoxy) is 2. The molecule has 3 rings (SSSR count). The molecule has 3 N–H and O–H groups in total. The van der Waals surface area contributed by atoms with E-state index in [1.54, 1.807) is 25.1 Å². The Balaban J connectivity index is 2.14. The Morgan fingerprint density at radius 1 is 1.22 bits per heavy atom. The van der Waals surface area contributed by atoms with E-state index in [-0.39, 0.29) is 28.4 Å². The molecule has 0 aliphatic carbocycles. The van der Waals surface area contributed by atoms with Gasteiger partial charge in [0.25, 0.3) is 0 Å². The van der Waals surface area contributed by atoms with Crippen LogP contribution in [0.25, 0.3) is 0 Å². The third-order valence-corrected chi connectivity index (χ3v) is 3.99. The smallest absolute Gasteiger partial charge is 0.202 e. The molecule has 0 aromatic heterocycles. The van der Waals surface area contributed by atoms with Gasteiger partial charge in [0.05, 0.1) is 7.11 Å². The first-order valence-corrected chi connectivity index (χ1v) is 7.03. The van der Waals surface area contributed by atoms with Crippen LogP contribution in [0.2, 0.25) is 0 Å². The Kier molecular flexibility index (Phi) is 3.61. The molecule has 2 atom stereocenters. The molecular formula is C17H16O6. The van der Waals surface area contributed by atoms with Crippen LogP contribution >= 0.6 is 0 Å². The van der Waals surface area contributed by atoms with Gasteiger partial charge in [0, 0.05) is 17.2 Å². The number of aromatic hydroxyl groups is 2. The Hall–Kier alpha value is -2.73. The first kappa shape index (κ1) is 15.2. The lowest BCUT2D eigenvalue weighted by molar-refractivity contribution is 0.0203. The molecule has 0 saturated carbocycles. The number of hydrogen-bond donors (Lipinski definition) is 3. The van der Waals surface area contributed by atoms with Gasteiger partial charge in [0.2, 0.25) is 5.78 Å². The molecule has 0 radical (unpaired) electrons. The van der Waals surface area contributed by atoms with Gasteiger partial charge in [-0.2, -0.15) is 0 Å². The number of ketones is 1. The predicted octanol–water partition coefficient (Wildman–Crippen LogP) is 2.09. The van der Waals surface area contributed by atoms with Crippen molar-refractivity contribution in [2.75, 3.05) is 7.11 Å². The maximum absolute atomic E-state index is 12.5. The van der Waals surface area contributed by atoms with Crippen LogP contribution in [0, 0.1) is 6.92 Å². The molecular weight excluding hydrogens is 300 g/mol. The molecule has 0 saturated heterocycles. The Labute approximate surface area is 132 Å². The maximum atomic E-state index is 12.5. The number of carbonyl (C=O) groups excluding carboxylic acids is 1. The summed E-state index contributed by atoms with van der Waals surface area (Å²) >= 11 is 0. The second kappa shape index (κ2) is 5.48. The van der Waals surface area contributed by atoms with E-state index < -0.39 is 18.0 Å². The number of benzene rings is 2. The first-order valence-electron chi connectivity index (χ1n) is 7.03. The molecule has 6 heteroatoms. The molecule has 0 unspecified atom stereocenters. The number of methoxy groups -OCH3 is 1. The number of para-hydroxylation sites is 1. The molecule has 0 spiro atoms. The zero-order valence-corrected chi connectivity index (χ0v) is 12.6. The molecule has 2 aromatic carbocycles. The van der Waals surface area contributed by atoms with Crippen LogP contribution in [-0.2, 0) is 0 Å². The molecule has 0 amide bonds. The van der Waals surface area contributed by atoms with E-state index in [1.807, 2.05) is 0 Å². The highest BCUT2D eigenvalue weighted by atomic mass is 16.5. The van der Waals surface area contributed by atoms with Crippen molar-refractivity contribution >= 4 is 5.78 Å². The van der Waals surface area contributed by atoms with Crippen LogP contribution in [0.15, 0.2) is 30.3 Å². The average molecular weight is 316 g/mol. The fraction of sp³-hybridized carbons (Fsp3) is 0.235. The van der Waals surface area contributed by atoms with Crippen LogP contribution in [0.3, 0.4) is 0 Å². The first-order chi connectivity index (χ1) is 11.0. The summed E-state index contributed by atoms with van der Waals surface area (Å²) in [5, 5.41) is 30.4. The average Bonchev–Trinajstić information content (AvgIpc) is 2.54. The van der Waals surface area contributed by atoms with Crippen molar-refractivity contribution in [3.8, 4) is 23.0 Å². The van der Waals surface area contributed by atoms with Gasteiger partial charge in [-0.3, -0.25) is 4.79 Å². The van der Waals surface area contributed by atoms with E-state index in [0.29, 0.717) is 11.3 Å². The molecule has 23 heavy (non-hydrogen) atoms. The SMILES string of the molecule is COc1cc2c(c(O)c1C)C(=O)[C@H](O)[C@@H](c1ccccc1O)O2. The highest BCUT2D eigenvalue weighted by Crippen LogP contribution is 2.45. The number of rotatable bonds is 2. The van der Waals surface area contributed by atoms with Crippen molar-refractivity contribution in [3.05, 3.63) is 47.0 Å². The van der Waals surface area contributed by atoms with E-state index in [2.05, 4.69) is 0 Å². The summed E-state index contributed by atoms with van der Waals surface area (Å²) in [6, 6.07) is 7.78. The summed E-state index contributed by atoms with van der Waals surface area (Å²) in [5.41, 5.74) is 0.594. The van der Waals surface area contributed by atoms with Crippen molar-refractivity contribution in [2.45, 2.75) is 19.1 Å². The van der Waals surface area contributed by atoms with E-state index in [0.717, 1.165) is 0 Å². The minimum absolute atomic E-state index is 0.0810. The number of phenols is 2. The highest BCUT2D eigenvalue weighted by molar-refractivity contribution is 6.06. The van der Waals surface area contributed by atoms with Crippen LogP contribution < -0.4 is 9.47 Å². The molecule has 1 aliphatic rings. The van der Waals surface area contributed by atoms with Crippen LogP contribution in [0.4, 0.5) is 0 Å². The maximum Gasteiger partial charge on any atom is 0.202 e. The Morgan fingerprint density at radius 2 is 1.91 bits per heavy atom. The highest BCUT2D eigenvalue weighted by Gasteiger charge is 2.40. The summed E-state index contributed by atoms with van der Waals surface area (Å²) in [7, 11) is 1.44. The van der Waals surface area contributed by atoms with Gasteiger partial charge in [-0.25, -0.2) is 0 Å². The third-order valence-electron chi connectivity index (χ3n) is 3.99. The molecule has 1 heterocycles. The standard InChI is InChI=1S/C17H16O6/c1-8-11(22-2)7-12-13(14(8)19)15(20)16(21)17(23-12)9-5-3-4-6-10(9)18/h3-7,16-19,21H,1-2H3/t16-,17+/m0/s1. The zero-order chi connectivity index (χ0) is 16.7. The van der Waals surface area contributed by atoms with E-state index >= 15 is 0 Å². The molecule has 0 bridgehead atoms. The lowest BCUT2D eigenvalue weighted by atomic mass is 9.91. The second-order valence-corrected chi connectivity index (χ2v) is 5.33. The number of carbonyl (C=O) groups is 1. The van der Waals surface area contributed by atoms with Gasteiger partial charge in [-0.1, -0.05) is 18.2 Å². The van der Waals surface area contributed by atoms with Gasteiger partial charge in [-0.15, -0.1) is 0 Å². The number of hydrogen-bond acceptors (Lipinski definition) is 6. The zero-order valence-electron chi connectivity index (χ0n) is 12.6. The van der Waals surface area contributed by atoms with Gasteiger partial charge in [0.15, 0.2) is 12.2 Å². The molecule has 6 nitrogen and oxygen atoms in total. The summed E-state index contributed by atoms with van der Waals surface area (Å²) in [4.78, 5) is 12.5. The normalized spacial score (nSPS) is 19.9. The number of phenolic OH excluding ortho intramolecular Hbond substituents is 2. The van der Waals surface area contributed by atoms with E-state index in [9.17, 15) is 20.1 Å².